The van der Waals surface area contributed by atoms with E-state index in [-0.39, 0.29) is 5.92 Å². The average Bonchev–Trinajstić information content (AvgIpc) is 2.13. The van der Waals surface area contributed by atoms with Crippen molar-refractivity contribution in [3.63, 3.8) is 0 Å². The molecule has 0 radical (unpaired) electrons. The summed E-state index contributed by atoms with van der Waals surface area (Å²) in [6.45, 7) is 9.33. The van der Waals surface area contributed by atoms with E-state index in [0.717, 1.165) is 0 Å². The molecule has 4 heteroatoms. The molecule has 0 aromatic carbocycles. The van der Waals surface area contributed by atoms with Gasteiger partial charge in [-0.1, -0.05) is 13.8 Å². The Kier molecular flexibility index (Phi) is 3.89. The van der Waals surface area contributed by atoms with E-state index in [9.17, 15) is 9.90 Å². The topological polar surface area (TPSA) is 66.8 Å². The van der Waals surface area contributed by atoms with Crippen molar-refractivity contribution in [1.29, 1.82) is 0 Å². The minimum atomic E-state index is -0.823. The van der Waals surface area contributed by atoms with Crippen molar-refractivity contribution in [2.45, 2.75) is 64.8 Å². The molecular formula is C13H24O4. The minimum absolute atomic E-state index is 0.0946. The van der Waals surface area contributed by atoms with Crippen LogP contribution in [0.3, 0.4) is 0 Å². The van der Waals surface area contributed by atoms with Crippen LogP contribution in [0.25, 0.3) is 0 Å². The summed E-state index contributed by atoms with van der Waals surface area (Å²) in [6.07, 6.45) is 0.548. The first-order valence-electron chi connectivity index (χ1n) is 6.21. The second kappa shape index (κ2) is 4.58. The summed E-state index contributed by atoms with van der Waals surface area (Å²) < 4.78 is 5.93. The van der Waals surface area contributed by atoms with Crippen LogP contribution in [0.15, 0.2) is 0 Å². The fraction of sp³-hybridized carbons (Fsp3) is 0.923. The van der Waals surface area contributed by atoms with Crippen LogP contribution in [0.2, 0.25) is 0 Å². The maximum Gasteiger partial charge on any atom is 0.309 e. The third-order valence-corrected chi connectivity index (χ3v) is 3.82. The molecule has 1 aliphatic rings. The van der Waals surface area contributed by atoms with Crippen LogP contribution in [-0.2, 0) is 9.53 Å². The number of carbonyl (C=O) groups is 1. The van der Waals surface area contributed by atoms with E-state index in [2.05, 4.69) is 0 Å². The van der Waals surface area contributed by atoms with Crippen LogP contribution in [0.4, 0.5) is 0 Å². The highest BCUT2D eigenvalue weighted by atomic mass is 16.5. The number of rotatable bonds is 3. The van der Waals surface area contributed by atoms with Gasteiger partial charge in [0.15, 0.2) is 0 Å². The van der Waals surface area contributed by atoms with Crippen LogP contribution in [0.1, 0.15) is 47.5 Å². The zero-order valence-electron chi connectivity index (χ0n) is 11.4. The molecule has 0 aromatic heterocycles. The predicted octanol–water partition coefficient (Wildman–Crippen LogP) is 2.05. The van der Waals surface area contributed by atoms with E-state index in [0.29, 0.717) is 12.8 Å². The zero-order chi connectivity index (χ0) is 13.4. The minimum Gasteiger partial charge on any atom is -0.481 e. The normalized spacial score (nSPS) is 34.6. The smallest absolute Gasteiger partial charge is 0.309 e. The monoisotopic (exact) mass is 244 g/mol. The molecule has 0 spiro atoms. The number of aliphatic hydroxyl groups is 1. The van der Waals surface area contributed by atoms with Crippen molar-refractivity contribution in [2.75, 3.05) is 0 Å². The van der Waals surface area contributed by atoms with E-state index < -0.39 is 29.2 Å². The van der Waals surface area contributed by atoms with Gasteiger partial charge in [0.2, 0.25) is 0 Å². The number of carboxylic acid groups (broad SMARTS) is 1. The van der Waals surface area contributed by atoms with E-state index >= 15 is 0 Å². The van der Waals surface area contributed by atoms with Gasteiger partial charge in [0.05, 0.1) is 23.2 Å². The first-order valence-corrected chi connectivity index (χ1v) is 6.21. The van der Waals surface area contributed by atoms with Crippen LogP contribution < -0.4 is 0 Å². The second-order valence-electron chi connectivity index (χ2n) is 6.14. The largest absolute Gasteiger partial charge is 0.481 e. The lowest BCUT2D eigenvalue weighted by molar-refractivity contribution is -0.238. The van der Waals surface area contributed by atoms with Crippen molar-refractivity contribution in [3.8, 4) is 0 Å². The lowest BCUT2D eigenvalue weighted by Crippen LogP contribution is -2.57. The number of carboxylic acids is 1. The predicted molar refractivity (Wildman–Crippen MR) is 64.8 cm³/mol. The molecule has 0 aliphatic carbocycles. The average molecular weight is 244 g/mol. The van der Waals surface area contributed by atoms with Crippen LogP contribution in [-0.4, -0.2) is 33.5 Å². The quantitative estimate of drug-likeness (QED) is 0.797. The molecule has 3 atom stereocenters. The Labute approximate surface area is 103 Å². The first kappa shape index (κ1) is 14.5. The summed E-state index contributed by atoms with van der Waals surface area (Å²) >= 11 is 0. The van der Waals surface area contributed by atoms with Gasteiger partial charge in [0.1, 0.15) is 0 Å². The van der Waals surface area contributed by atoms with Gasteiger partial charge in [-0.2, -0.15) is 0 Å². The van der Waals surface area contributed by atoms with Crippen molar-refractivity contribution >= 4 is 5.97 Å². The molecule has 100 valence electrons. The Balaban J connectivity index is 2.88. The van der Waals surface area contributed by atoms with Gasteiger partial charge in [0.25, 0.3) is 0 Å². The van der Waals surface area contributed by atoms with Gasteiger partial charge < -0.3 is 14.9 Å². The maximum absolute atomic E-state index is 11.1. The molecule has 0 aromatic rings. The lowest BCUT2D eigenvalue weighted by Gasteiger charge is -2.49. The van der Waals surface area contributed by atoms with Gasteiger partial charge in [-0.3, -0.25) is 4.79 Å². The van der Waals surface area contributed by atoms with Crippen molar-refractivity contribution in [3.05, 3.63) is 0 Å². The van der Waals surface area contributed by atoms with Crippen molar-refractivity contribution in [1.82, 2.24) is 0 Å². The molecule has 0 amide bonds. The standard InChI is InChI=1S/C13H24O4/c1-8(2)10(14)13(5)7-6-9(11(15)16)12(3,4)17-13/h8-10,14H,6-7H2,1-5H3,(H,15,16)/t9-,10-,13+/m1/s1. The first-order chi connectivity index (χ1) is 7.60. The molecular weight excluding hydrogens is 220 g/mol. The molecule has 17 heavy (non-hydrogen) atoms. The molecule has 1 aliphatic heterocycles. The number of ether oxygens (including phenoxy) is 1. The summed E-state index contributed by atoms with van der Waals surface area (Å²) in [5, 5.41) is 19.3. The Hall–Kier alpha value is -0.610. The molecule has 1 fully saturated rings. The zero-order valence-corrected chi connectivity index (χ0v) is 11.4. The fourth-order valence-corrected chi connectivity index (χ4v) is 2.84. The number of aliphatic hydroxyl groups excluding tert-OH is 1. The van der Waals surface area contributed by atoms with E-state index in [4.69, 9.17) is 9.84 Å². The maximum atomic E-state index is 11.1. The second-order valence-corrected chi connectivity index (χ2v) is 6.14. The van der Waals surface area contributed by atoms with Crippen LogP contribution in [0, 0.1) is 11.8 Å². The third kappa shape index (κ3) is 2.80. The van der Waals surface area contributed by atoms with Gasteiger partial charge in [0, 0.05) is 0 Å². The third-order valence-electron chi connectivity index (χ3n) is 3.82. The number of hydrogen-bond donors (Lipinski definition) is 2. The van der Waals surface area contributed by atoms with Gasteiger partial charge in [-0.25, -0.2) is 0 Å². The molecule has 1 rings (SSSR count). The summed E-state index contributed by atoms with van der Waals surface area (Å²) in [5.74, 6) is -1.23. The molecule has 0 bridgehead atoms. The Bertz CT molecular complexity index is 298. The van der Waals surface area contributed by atoms with Crippen LogP contribution in [0.5, 0.6) is 0 Å². The molecule has 2 N–H and O–H groups in total. The Morgan fingerprint density at radius 1 is 1.35 bits per heavy atom. The fourth-order valence-electron chi connectivity index (χ4n) is 2.84. The Morgan fingerprint density at radius 3 is 2.24 bits per heavy atom. The number of hydrogen-bond acceptors (Lipinski definition) is 3. The molecule has 0 saturated carbocycles. The molecule has 1 saturated heterocycles. The van der Waals surface area contributed by atoms with Gasteiger partial charge in [-0.15, -0.1) is 0 Å². The highest BCUT2D eigenvalue weighted by molar-refractivity contribution is 5.71. The SMILES string of the molecule is CC(C)[C@@H](O)[C@]1(C)CC[C@H](C(=O)O)C(C)(C)O1. The summed E-state index contributed by atoms with van der Waals surface area (Å²) in [6, 6.07) is 0. The highest BCUT2D eigenvalue weighted by Gasteiger charge is 2.50. The van der Waals surface area contributed by atoms with E-state index in [1.165, 1.54) is 0 Å². The Morgan fingerprint density at radius 2 is 1.88 bits per heavy atom. The van der Waals surface area contributed by atoms with Crippen molar-refractivity contribution in [2.24, 2.45) is 11.8 Å². The van der Waals surface area contributed by atoms with E-state index in [1.807, 2.05) is 20.8 Å². The molecule has 1 heterocycles. The van der Waals surface area contributed by atoms with Gasteiger partial charge >= 0.3 is 5.97 Å². The summed E-state index contributed by atoms with van der Waals surface area (Å²) in [5.41, 5.74) is -1.39. The van der Waals surface area contributed by atoms with Gasteiger partial charge in [-0.05, 0) is 39.5 Å². The van der Waals surface area contributed by atoms with E-state index in [1.54, 1.807) is 13.8 Å². The van der Waals surface area contributed by atoms with Crippen LogP contribution >= 0.6 is 0 Å². The molecule has 4 nitrogen and oxygen atoms in total. The summed E-state index contributed by atoms with van der Waals surface area (Å²) in [7, 11) is 0. The number of aliphatic carboxylic acids is 1. The van der Waals surface area contributed by atoms with Crippen molar-refractivity contribution < 1.29 is 19.7 Å². The lowest BCUT2D eigenvalue weighted by atomic mass is 9.75. The molecule has 0 unspecified atom stereocenters. The highest BCUT2D eigenvalue weighted by Crippen LogP contribution is 2.42. The summed E-state index contributed by atoms with van der Waals surface area (Å²) in [4.78, 5) is 11.1.